The Labute approximate surface area is 115 Å². The Balaban J connectivity index is 2.21. The summed E-state index contributed by atoms with van der Waals surface area (Å²) < 4.78 is 12.3. The Morgan fingerprint density at radius 3 is 2.67 bits per heavy atom. The number of rotatable bonds is 5. The minimum atomic E-state index is 0.298. The lowest BCUT2D eigenvalue weighted by Gasteiger charge is -2.18. The molecule has 100 valence electrons. The first-order chi connectivity index (χ1) is 8.74. The van der Waals surface area contributed by atoms with Crippen LogP contribution in [0.2, 0.25) is 0 Å². The largest absolute Gasteiger partial charge is 0.493 e. The van der Waals surface area contributed by atoms with Crippen molar-refractivity contribution in [2.24, 2.45) is 5.90 Å². The number of ether oxygens (including phenoxy) is 2. The van der Waals surface area contributed by atoms with Crippen molar-refractivity contribution in [3.8, 4) is 11.5 Å². The molecule has 5 heteroatoms. The molecule has 1 aromatic carbocycles. The summed E-state index contributed by atoms with van der Waals surface area (Å²) in [5.74, 6) is 6.56. The third-order valence-electron chi connectivity index (χ3n) is 3.13. The van der Waals surface area contributed by atoms with E-state index in [2.05, 4.69) is 20.8 Å². The number of hydrogen-bond donors (Lipinski definition) is 1. The third-order valence-corrected chi connectivity index (χ3v) is 3.71. The van der Waals surface area contributed by atoms with Crippen molar-refractivity contribution in [3.05, 3.63) is 22.2 Å². The highest BCUT2D eigenvalue weighted by molar-refractivity contribution is 9.10. The number of hydrogen-bond acceptors (Lipinski definition) is 4. The van der Waals surface area contributed by atoms with Gasteiger partial charge in [-0.05, 0) is 59.3 Å². The average Bonchev–Trinajstić information content (AvgIpc) is 2.85. The van der Waals surface area contributed by atoms with Gasteiger partial charge >= 0.3 is 0 Å². The summed E-state index contributed by atoms with van der Waals surface area (Å²) in [6.45, 7) is 0.346. The van der Waals surface area contributed by atoms with Gasteiger partial charge in [0.25, 0.3) is 0 Å². The first kappa shape index (κ1) is 13.6. The second-order valence-electron chi connectivity index (χ2n) is 4.44. The van der Waals surface area contributed by atoms with Crippen molar-refractivity contribution in [1.82, 2.24) is 0 Å². The highest BCUT2D eigenvalue weighted by Gasteiger charge is 2.20. The molecule has 18 heavy (non-hydrogen) atoms. The van der Waals surface area contributed by atoms with Gasteiger partial charge in [-0.1, -0.05) is 0 Å². The summed E-state index contributed by atoms with van der Waals surface area (Å²) in [6.07, 6.45) is 5.01. The van der Waals surface area contributed by atoms with Gasteiger partial charge in [-0.15, -0.1) is 0 Å². The normalized spacial score (nSPS) is 15.9. The van der Waals surface area contributed by atoms with E-state index < -0.39 is 0 Å². The average molecular weight is 316 g/mol. The van der Waals surface area contributed by atoms with Gasteiger partial charge in [0, 0.05) is 0 Å². The molecule has 1 saturated carbocycles. The quantitative estimate of drug-likeness (QED) is 0.848. The fourth-order valence-corrected chi connectivity index (χ4v) is 2.82. The zero-order chi connectivity index (χ0) is 13.0. The van der Waals surface area contributed by atoms with Gasteiger partial charge in [0.2, 0.25) is 0 Å². The van der Waals surface area contributed by atoms with Crippen LogP contribution < -0.4 is 15.4 Å². The molecule has 2 rings (SSSR count). The van der Waals surface area contributed by atoms with Gasteiger partial charge in [-0.3, -0.25) is 4.84 Å². The zero-order valence-electron chi connectivity index (χ0n) is 10.4. The van der Waals surface area contributed by atoms with Gasteiger partial charge in [0.15, 0.2) is 11.5 Å². The van der Waals surface area contributed by atoms with Crippen LogP contribution in [0.15, 0.2) is 16.6 Å². The van der Waals surface area contributed by atoms with E-state index in [0.717, 1.165) is 28.6 Å². The fraction of sp³-hybridized carbons (Fsp3) is 0.538. The third kappa shape index (κ3) is 3.16. The molecule has 0 unspecified atom stereocenters. The summed E-state index contributed by atoms with van der Waals surface area (Å²) in [5.41, 5.74) is 0.944. The first-order valence-corrected chi connectivity index (χ1v) is 6.88. The second-order valence-corrected chi connectivity index (χ2v) is 5.30. The Morgan fingerprint density at radius 1 is 1.33 bits per heavy atom. The van der Waals surface area contributed by atoms with Crippen LogP contribution in [-0.2, 0) is 11.4 Å². The number of methoxy groups -OCH3 is 1. The Kier molecular flexibility index (Phi) is 4.86. The molecule has 2 N–H and O–H groups in total. The minimum Gasteiger partial charge on any atom is -0.493 e. The molecule has 1 fully saturated rings. The summed E-state index contributed by atoms with van der Waals surface area (Å²) in [7, 11) is 1.64. The van der Waals surface area contributed by atoms with Gasteiger partial charge < -0.3 is 9.47 Å². The predicted octanol–water partition coefficient (Wildman–Crippen LogP) is 3.17. The van der Waals surface area contributed by atoms with E-state index in [1.165, 1.54) is 12.8 Å². The maximum absolute atomic E-state index is 6.02. The van der Waals surface area contributed by atoms with E-state index in [1.54, 1.807) is 7.11 Å². The van der Waals surface area contributed by atoms with Crippen molar-refractivity contribution in [3.63, 3.8) is 0 Å². The van der Waals surface area contributed by atoms with Crippen LogP contribution in [0.4, 0.5) is 0 Å². The van der Waals surface area contributed by atoms with Crippen molar-refractivity contribution in [1.29, 1.82) is 0 Å². The topological polar surface area (TPSA) is 53.7 Å². The SMILES string of the molecule is COc1cc(CON)cc(Br)c1OC1CCCC1. The summed E-state index contributed by atoms with van der Waals surface area (Å²) in [6, 6.07) is 3.83. The molecule has 0 saturated heterocycles. The molecule has 0 radical (unpaired) electrons. The van der Waals surface area contributed by atoms with Crippen LogP contribution in [0, 0.1) is 0 Å². The Bertz CT molecular complexity index is 405. The molecule has 0 aromatic heterocycles. The van der Waals surface area contributed by atoms with Crippen molar-refractivity contribution < 1.29 is 14.3 Å². The summed E-state index contributed by atoms with van der Waals surface area (Å²) in [5, 5.41) is 0. The second kappa shape index (κ2) is 6.41. The summed E-state index contributed by atoms with van der Waals surface area (Å²) >= 11 is 3.51. The van der Waals surface area contributed by atoms with Crippen LogP contribution in [0.3, 0.4) is 0 Å². The van der Waals surface area contributed by atoms with E-state index in [1.807, 2.05) is 12.1 Å². The predicted molar refractivity (Wildman–Crippen MR) is 72.6 cm³/mol. The van der Waals surface area contributed by atoms with Crippen molar-refractivity contribution in [2.75, 3.05) is 7.11 Å². The van der Waals surface area contributed by atoms with E-state index in [4.69, 9.17) is 15.4 Å². The van der Waals surface area contributed by atoms with E-state index in [-0.39, 0.29) is 0 Å². The minimum absolute atomic E-state index is 0.298. The number of benzene rings is 1. The number of halogens is 1. The smallest absolute Gasteiger partial charge is 0.175 e. The molecular formula is C13H18BrNO3. The Hall–Kier alpha value is -0.780. The van der Waals surface area contributed by atoms with Crippen molar-refractivity contribution >= 4 is 15.9 Å². The molecule has 1 aromatic rings. The molecule has 4 nitrogen and oxygen atoms in total. The lowest BCUT2D eigenvalue weighted by molar-refractivity contribution is 0.123. The van der Waals surface area contributed by atoms with E-state index in [9.17, 15) is 0 Å². The van der Waals surface area contributed by atoms with Crippen LogP contribution in [0.25, 0.3) is 0 Å². The van der Waals surface area contributed by atoms with E-state index in [0.29, 0.717) is 18.5 Å². The maximum Gasteiger partial charge on any atom is 0.175 e. The van der Waals surface area contributed by atoms with Gasteiger partial charge in [-0.2, -0.15) is 0 Å². The molecular weight excluding hydrogens is 298 g/mol. The standard InChI is InChI=1S/C13H18BrNO3/c1-16-12-7-9(8-17-15)6-11(14)13(12)18-10-4-2-3-5-10/h6-7,10H,2-5,8,15H2,1H3. The van der Waals surface area contributed by atoms with Gasteiger partial charge in [-0.25, -0.2) is 5.90 Å². The van der Waals surface area contributed by atoms with Crippen LogP contribution in [0.5, 0.6) is 11.5 Å². The monoisotopic (exact) mass is 315 g/mol. The fourth-order valence-electron chi connectivity index (χ4n) is 2.24. The lowest BCUT2D eigenvalue weighted by Crippen LogP contribution is -2.12. The summed E-state index contributed by atoms with van der Waals surface area (Å²) in [4.78, 5) is 4.64. The first-order valence-electron chi connectivity index (χ1n) is 6.09. The van der Waals surface area contributed by atoms with Gasteiger partial charge in [0.05, 0.1) is 24.3 Å². The zero-order valence-corrected chi connectivity index (χ0v) is 12.0. The van der Waals surface area contributed by atoms with Crippen LogP contribution in [0.1, 0.15) is 31.2 Å². The molecule has 0 heterocycles. The molecule has 1 aliphatic rings. The van der Waals surface area contributed by atoms with E-state index >= 15 is 0 Å². The molecule has 0 spiro atoms. The van der Waals surface area contributed by atoms with Crippen LogP contribution in [-0.4, -0.2) is 13.2 Å². The maximum atomic E-state index is 6.02. The molecule has 0 aliphatic heterocycles. The van der Waals surface area contributed by atoms with Gasteiger partial charge in [0.1, 0.15) is 0 Å². The Morgan fingerprint density at radius 2 is 2.06 bits per heavy atom. The lowest BCUT2D eigenvalue weighted by atomic mass is 10.2. The highest BCUT2D eigenvalue weighted by Crippen LogP contribution is 2.39. The molecule has 0 bridgehead atoms. The molecule has 1 aliphatic carbocycles. The highest BCUT2D eigenvalue weighted by atomic mass is 79.9. The number of nitrogens with two attached hydrogens (primary N) is 1. The molecule has 0 atom stereocenters. The molecule has 0 amide bonds. The van der Waals surface area contributed by atoms with Crippen LogP contribution >= 0.6 is 15.9 Å². The van der Waals surface area contributed by atoms with Crippen molar-refractivity contribution in [2.45, 2.75) is 38.4 Å².